The second-order valence-electron chi connectivity index (χ2n) is 10.8. The topological polar surface area (TPSA) is 152 Å². The summed E-state index contributed by atoms with van der Waals surface area (Å²) in [5.74, 6) is 1.32. The van der Waals surface area contributed by atoms with E-state index in [1.807, 2.05) is 18.2 Å². The maximum atomic E-state index is 11.6. The van der Waals surface area contributed by atoms with Crippen molar-refractivity contribution in [2.24, 2.45) is 0 Å². The number of amides is 1. The zero-order valence-electron chi connectivity index (χ0n) is 22.2. The summed E-state index contributed by atoms with van der Waals surface area (Å²) in [6, 6.07) is 9.67. The van der Waals surface area contributed by atoms with Gasteiger partial charge in [0.2, 0.25) is 5.88 Å². The van der Waals surface area contributed by atoms with Crippen molar-refractivity contribution in [2.75, 3.05) is 31.7 Å². The molecule has 2 saturated heterocycles. The Hall–Kier alpha value is -3.85. The SMILES string of the molecule is N#Cc1cnc2ccc(OCCCO)nc2c1CCC12CCC(NCc3ccc4c(n3)NC(=O)CO4)(CC1)CO2. The molecule has 0 aromatic carbocycles. The molecule has 3 N–H and O–H groups in total. The molecule has 11 heteroatoms. The highest BCUT2D eigenvalue weighted by molar-refractivity contribution is 5.94. The average Bonchev–Trinajstić information content (AvgIpc) is 2.99. The molecule has 4 aliphatic rings. The predicted molar refractivity (Wildman–Crippen MR) is 145 cm³/mol. The van der Waals surface area contributed by atoms with Gasteiger partial charge in [0.05, 0.1) is 41.1 Å². The number of ether oxygens (including phenoxy) is 3. The van der Waals surface area contributed by atoms with Crippen molar-refractivity contribution in [1.82, 2.24) is 20.3 Å². The number of rotatable bonds is 10. The maximum Gasteiger partial charge on any atom is 0.263 e. The summed E-state index contributed by atoms with van der Waals surface area (Å²) in [6.45, 7) is 1.62. The average molecular weight is 545 g/mol. The molecule has 0 unspecified atom stereocenters. The molecular weight excluding hydrogens is 512 g/mol. The normalized spacial score (nSPS) is 23.2. The molecule has 7 rings (SSSR count). The molecule has 0 spiro atoms. The van der Waals surface area contributed by atoms with E-state index in [0.717, 1.165) is 48.9 Å². The molecule has 40 heavy (non-hydrogen) atoms. The van der Waals surface area contributed by atoms with Gasteiger partial charge < -0.3 is 30.0 Å². The zero-order chi connectivity index (χ0) is 27.6. The van der Waals surface area contributed by atoms with Gasteiger partial charge in [0, 0.05) is 37.4 Å². The number of hydrogen-bond donors (Lipinski definition) is 3. The van der Waals surface area contributed by atoms with Gasteiger partial charge in [0.15, 0.2) is 18.2 Å². The minimum absolute atomic E-state index is 0.0150. The van der Waals surface area contributed by atoms with Gasteiger partial charge in [0.1, 0.15) is 6.07 Å². The van der Waals surface area contributed by atoms with Crippen LogP contribution in [0.3, 0.4) is 0 Å². The summed E-state index contributed by atoms with van der Waals surface area (Å²) in [5, 5.41) is 25.3. The smallest absolute Gasteiger partial charge is 0.263 e. The van der Waals surface area contributed by atoms with Gasteiger partial charge in [-0.25, -0.2) is 9.97 Å². The first-order valence-corrected chi connectivity index (χ1v) is 13.7. The number of nitrogens with one attached hydrogen (secondary N) is 2. The minimum atomic E-state index is -0.229. The fourth-order valence-corrected chi connectivity index (χ4v) is 5.82. The molecule has 6 heterocycles. The number of carbonyl (C=O) groups is 1. The Bertz CT molecular complexity index is 1450. The van der Waals surface area contributed by atoms with Crippen LogP contribution in [-0.2, 0) is 22.5 Å². The summed E-state index contributed by atoms with van der Waals surface area (Å²) in [7, 11) is 0. The van der Waals surface area contributed by atoms with Gasteiger partial charge in [-0.15, -0.1) is 0 Å². The van der Waals surface area contributed by atoms with Crippen LogP contribution < -0.4 is 20.1 Å². The highest BCUT2D eigenvalue weighted by Crippen LogP contribution is 2.46. The van der Waals surface area contributed by atoms with E-state index in [4.69, 9.17) is 19.3 Å². The van der Waals surface area contributed by atoms with Gasteiger partial charge in [-0.2, -0.15) is 5.26 Å². The number of aliphatic hydroxyl groups is 1. The van der Waals surface area contributed by atoms with Gasteiger partial charge in [-0.05, 0) is 62.3 Å². The predicted octanol–water partition coefficient (Wildman–Crippen LogP) is 2.79. The van der Waals surface area contributed by atoms with Crippen LogP contribution in [0.4, 0.5) is 5.82 Å². The van der Waals surface area contributed by atoms with Gasteiger partial charge >= 0.3 is 0 Å². The number of hydrogen-bond acceptors (Lipinski definition) is 10. The number of fused-ring (bicyclic) bond motifs is 5. The van der Waals surface area contributed by atoms with Crippen LogP contribution in [0.2, 0.25) is 0 Å². The first kappa shape index (κ1) is 26.4. The third-order valence-corrected chi connectivity index (χ3v) is 8.25. The van der Waals surface area contributed by atoms with Crippen molar-refractivity contribution in [3.8, 4) is 17.7 Å². The molecule has 2 bridgehead atoms. The van der Waals surface area contributed by atoms with E-state index >= 15 is 0 Å². The highest BCUT2D eigenvalue weighted by atomic mass is 16.5. The summed E-state index contributed by atoms with van der Waals surface area (Å²) in [4.78, 5) is 25.3. The largest absolute Gasteiger partial charge is 0.480 e. The molecule has 11 nitrogen and oxygen atoms in total. The fraction of sp³-hybridized carbons (Fsp3) is 0.483. The van der Waals surface area contributed by atoms with Gasteiger partial charge in [-0.1, -0.05) is 0 Å². The van der Waals surface area contributed by atoms with E-state index in [9.17, 15) is 10.1 Å². The number of nitriles is 1. The van der Waals surface area contributed by atoms with Crippen molar-refractivity contribution in [3.05, 3.63) is 47.3 Å². The van der Waals surface area contributed by atoms with Crippen LogP contribution in [0.15, 0.2) is 30.5 Å². The minimum Gasteiger partial charge on any atom is -0.480 e. The Labute approximate surface area is 231 Å². The van der Waals surface area contributed by atoms with Crippen LogP contribution >= 0.6 is 0 Å². The second kappa shape index (κ2) is 11.0. The fourth-order valence-electron chi connectivity index (χ4n) is 5.82. The molecule has 3 aromatic rings. The lowest BCUT2D eigenvalue weighted by Gasteiger charge is -2.53. The lowest BCUT2D eigenvalue weighted by atomic mass is 9.69. The molecule has 3 aromatic heterocycles. The van der Waals surface area contributed by atoms with Crippen molar-refractivity contribution >= 4 is 22.8 Å². The van der Waals surface area contributed by atoms with Crippen LogP contribution in [0, 0.1) is 11.3 Å². The van der Waals surface area contributed by atoms with Crippen molar-refractivity contribution in [3.63, 3.8) is 0 Å². The quantitative estimate of drug-likeness (QED) is 0.325. The molecule has 0 atom stereocenters. The summed E-state index contributed by atoms with van der Waals surface area (Å²) in [5.41, 5.74) is 3.29. The molecular formula is C29H32N6O5. The third kappa shape index (κ3) is 5.30. The first-order chi connectivity index (χ1) is 19.5. The molecule has 3 fully saturated rings. The number of anilines is 1. The third-order valence-electron chi connectivity index (χ3n) is 8.25. The Morgan fingerprint density at radius 2 is 2.05 bits per heavy atom. The van der Waals surface area contributed by atoms with E-state index in [0.29, 0.717) is 61.1 Å². The lowest BCUT2D eigenvalue weighted by molar-refractivity contribution is -0.165. The van der Waals surface area contributed by atoms with Crippen LogP contribution in [-0.4, -0.2) is 63.5 Å². The summed E-state index contributed by atoms with van der Waals surface area (Å²) in [6.07, 6.45) is 7.42. The number of pyridine rings is 3. The summed E-state index contributed by atoms with van der Waals surface area (Å²) < 4.78 is 17.6. The lowest BCUT2D eigenvalue weighted by Crippen LogP contribution is -2.61. The zero-order valence-corrected chi connectivity index (χ0v) is 22.2. The number of aryl methyl sites for hydroxylation is 1. The number of carbonyl (C=O) groups excluding carboxylic acids is 1. The van der Waals surface area contributed by atoms with E-state index in [-0.39, 0.29) is 30.3 Å². The molecule has 1 amide bonds. The standard InChI is InChI=1S/C29H32N6O5/c30-14-19-15-31-22-3-5-25(38-13-1-12-36)35-26(22)21(19)6-7-29-10-8-28(9-11-29,18-40-29)32-16-20-2-4-23-27(33-20)34-24(37)17-39-23/h2-5,15,32,36H,1,6-13,16-18H2,(H,33,34,37). The van der Waals surface area contributed by atoms with E-state index < -0.39 is 0 Å². The molecule has 208 valence electrons. The Balaban J connectivity index is 1.10. The van der Waals surface area contributed by atoms with Crippen LogP contribution in [0.25, 0.3) is 11.0 Å². The van der Waals surface area contributed by atoms with E-state index in [2.05, 4.69) is 31.7 Å². The second-order valence-corrected chi connectivity index (χ2v) is 10.8. The number of nitrogens with zero attached hydrogens (tertiary/aromatic N) is 4. The van der Waals surface area contributed by atoms with E-state index in [1.54, 1.807) is 12.3 Å². The van der Waals surface area contributed by atoms with Gasteiger partial charge in [0.25, 0.3) is 5.91 Å². The monoisotopic (exact) mass is 544 g/mol. The van der Waals surface area contributed by atoms with Crippen molar-refractivity contribution in [2.45, 2.75) is 62.6 Å². The van der Waals surface area contributed by atoms with Crippen LogP contribution in [0.5, 0.6) is 11.6 Å². The first-order valence-electron chi connectivity index (χ1n) is 13.7. The van der Waals surface area contributed by atoms with Crippen molar-refractivity contribution < 1.29 is 24.1 Å². The highest BCUT2D eigenvalue weighted by Gasteiger charge is 2.49. The summed E-state index contributed by atoms with van der Waals surface area (Å²) >= 11 is 0. The van der Waals surface area contributed by atoms with Gasteiger partial charge in [-0.3, -0.25) is 9.78 Å². The number of aliphatic hydroxyl groups excluding tert-OH is 1. The molecule has 1 saturated carbocycles. The Morgan fingerprint density at radius 1 is 1.18 bits per heavy atom. The Morgan fingerprint density at radius 3 is 2.83 bits per heavy atom. The number of aromatic nitrogens is 3. The Kier molecular flexibility index (Phi) is 7.23. The molecule has 3 aliphatic heterocycles. The van der Waals surface area contributed by atoms with E-state index in [1.165, 1.54) is 0 Å². The van der Waals surface area contributed by atoms with Crippen molar-refractivity contribution in [1.29, 1.82) is 5.26 Å². The van der Waals surface area contributed by atoms with Crippen LogP contribution in [0.1, 0.15) is 55.3 Å². The molecule has 1 aliphatic carbocycles. The maximum absolute atomic E-state index is 11.6. The molecule has 0 radical (unpaired) electrons.